The van der Waals surface area contributed by atoms with E-state index in [9.17, 15) is 0 Å². The van der Waals surface area contributed by atoms with Crippen LogP contribution in [0.25, 0.3) is 0 Å². The smallest absolute Gasteiger partial charge is 0.143 e. The van der Waals surface area contributed by atoms with Crippen molar-refractivity contribution in [3.8, 4) is 0 Å². The molecule has 1 unspecified atom stereocenters. The van der Waals surface area contributed by atoms with Crippen LogP contribution in [-0.2, 0) is 7.05 Å². The normalized spacial score (nSPS) is 28.5. The highest BCUT2D eigenvalue weighted by atomic mass is 15.3. The first-order valence-electron chi connectivity index (χ1n) is 5.26. The third-order valence-corrected chi connectivity index (χ3v) is 2.99. The lowest BCUT2D eigenvalue weighted by atomic mass is 9.81. The number of nitrogens with zero attached hydrogens (tertiary/aromatic N) is 3. The first-order valence-corrected chi connectivity index (χ1v) is 5.26. The molecule has 14 heavy (non-hydrogen) atoms. The molecule has 0 bridgehead atoms. The second-order valence-electron chi connectivity index (χ2n) is 4.40. The Bertz CT molecular complexity index is 301. The molecule has 1 aliphatic rings. The number of hydrogen-bond donors (Lipinski definition) is 1. The van der Waals surface area contributed by atoms with Crippen LogP contribution in [0.3, 0.4) is 0 Å². The maximum atomic E-state index is 4.24. The van der Waals surface area contributed by atoms with Gasteiger partial charge < -0.3 is 5.32 Å². The zero-order valence-electron chi connectivity index (χ0n) is 9.07. The summed E-state index contributed by atoms with van der Waals surface area (Å²) >= 11 is 0. The molecule has 1 heterocycles. The molecule has 0 amide bonds. The van der Waals surface area contributed by atoms with E-state index < -0.39 is 0 Å². The third-order valence-electron chi connectivity index (χ3n) is 2.99. The predicted molar refractivity (Wildman–Crippen MR) is 54.7 cm³/mol. The van der Waals surface area contributed by atoms with Gasteiger partial charge in [-0.3, -0.25) is 4.68 Å². The number of rotatable bonds is 3. The molecule has 4 heteroatoms. The Morgan fingerprint density at radius 2 is 2.29 bits per heavy atom. The van der Waals surface area contributed by atoms with Crippen LogP contribution in [-0.4, -0.2) is 20.8 Å². The van der Waals surface area contributed by atoms with Gasteiger partial charge in [0.1, 0.15) is 12.2 Å². The molecule has 1 atom stereocenters. The van der Waals surface area contributed by atoms with Crippen molar-refractivity contribution >= 4 is 0 Å². The van der Waals surface area contributed by atoms with Crippen molar-refractivity contribution in [2.75, 3.05) is 0 Å². The van der Waals surface area contributed by atoms with Crippen molar-refractivity contribution in [3.63, 3.8) is 0 Å². The highest BCUT2D eigenvalue weighted by Crippen LogP contribution is 2.28. The van der Waals surface area contributed by atoms with Crippen molar-refractivity contribution in [1.82, 2.24) is 20.1 Å². The lowest BCUT2D eigenvalue weighted by molar-refractivity contribution is 0.223. The van der Waals surface area contributed by atoms with E-state index in [1.165, 1.54) is 12.8 Å². The molecular weight excluding hydrogens is 176 g/mol. The van der Waals surface area contributed by atoms with Crippen LogP contribution in [0.2, 0.25) is 0 Å². The fraction of sp³-hybridized carbons (Fsp3) is 0.800. The molecule has 1 aromatic heterocycles. The van der Waals surface area contributed by atoms with E-state index in [4.69, 9.17) is 0 Å². The molecule has 1 saturated carbocycles. The van der Waals surface area contributed by atoms with Gasteiger partial charge in [0.15, 0.2) is 0 Å². The molecule has 0 aliphatic heterocycles. The molecule has 1 aromatic rings. The average Bonchev–Trinajstić information content (AvgIpc) is 2.48. The monoisotopic (exact) mass is 194 g/mol. The highest BCUT2D eigenvalue weighted by molar-refractivity contribution is 4.95. The van der Waals surface area contributed by atoms with Crippen molar-refractivity contribution in [3.05, 3.63) is 12.2 Å². The quantitative estimate of drug-likeness (QED) is 0.787. The van der Waals surface area contributed by atoms with Crippen molar-refractivity contribution in [1.29, 1.82) is 0 Å². The fourth-order valence-corrected chi connectivity index (χ4v) is 2.16. The van der Waals surface area contributed by atoms with Gasteiger partial charge in [-0.1, -0.05) is 6.92 Å². The first-order chi connectivity index (χ1) is 6.66. The van der Waals surface area contributed by atoms with Crippen LogP contribution in [0.4, 0.5) is 0 Å². The van der Waals surface area contributed by atoms with Crippen molar-refractivity contribution in [2.24, 2.45) is 13.0 Å². The van der Waals surface area contributed by atoms with Gasteiger partial charge in [0.2, 0.25) is 0 Å². The van der Waals surface area contributed by atoms with Crippen molar-refractivity contribution in [2.45, 2.75) is 38.8 Å². The van der Waals surface area contributed by atoms with Gasteiger partial charge in [-0.15, -0.1) is 0 Å². The van der Waals surface area contributed by atoms with Gasteiger partial charge >= 0.3 is 0 Å². The van der Waals surface area contributed by atoms with E-state index in [1.807, 2.05) is 11.7 Å². The van der Waals surface area contributed by atoms with Gasteiger partial charge in [-0.25, -0.2) is 4.98 Å². The molecule has 0 radical (unpaired) electrons. The van der Waals surface area contributed by atoms with Crippen LogP contribution in [0.15, 0.2) is 6.33 Å². The number of aryl methyl sites for hydroxylation is 1. The molecule has 0 saturated heterocycles. The summed E-state index contributed by atoms with van der Waals surface area (Å²) < 4.78 is 1.83. The molecule has 0 spiro atoms. The van der Waals surface area contributed by atoms with E-state index in [-0.39, 0.29) is 0 Å². The van der Waals surface area contributed by atoms with E-state index in [2.05, 4.69) is 29.2 Å². The van der Waals surface area contributed by atoms with E-state index in [1.54, 1.807) is 6.33 Å². The molecule has 1 N–H and O–H groups in total. The molecule has 0 aromatic carbocycles. The van der Waals surface area contributed by atoms with E-state index in [0.717, 1.165) is 11.7 Å². The van der Waals surface area contributed by atoms with Crippen LogP contribution < -0.4 is 5.32 Å². The van der Waals surface area contributed by atoms with E-state index in [0.29, 0.717) is 12.1 Å². The summed E-state index contributed by atoms with van der Waals surface area (Å²) in [6, 6.07) is 0.983. The fourth-order valence-electron chi connectivity index (χ4n) is 2.16. The minimum absolute atomic E-state index is 0.306. The van der Waals surface area contributed by atoms with Gasteiger partial charge in [0.05, 0.1) is 6.04 Å². The number of hydrogen-bond acceptors (Lipinski definition) is 3. The lowest BCUT2D eigenvalue weighted by Crippen LogP contribution is -2.41. The van der Waals surface area contributed by atoms with Gasteiger partial charge in [-0.05, 0) is 25.7 Å². The van der Waals surface area contributed by atoms with Crippen LogP contribution in [0, 0.1) is 5.92 Å². The zero-order chi connectivity index (χ0) is 10.1. The maximum absolute atomic E-state index is 4.24. The Labute approximate surface area is 84.7 Å². The summed E-state index contributed by atoms with van der Waals surface area (Å²) in [6.07, 6.45) is 4.20. The van der Waals surface area contributed by atoms with Gasteiger partial charge in [0.25, 0.3) is 0 Å². The Hall–Kier alpha value is -0.900. The Kier molecular flexibility index (Phi) is 2.54. The molecule has 4 nitrogen and oxygen atoms in total. The Morgan fingerprint density at radius 1 is 1.57 bits per heavy atom. The standard InChI is InChI=1S/C10H18N4/c1-7-4-9(5-7)13-8(2)10-11-6-12-14(10)3/h6-9,13H,4-5H2,1-3H3. The zero-order valence-corrected chi connectivity index (χ0v) is 9.07. The Balaban J connectivity index is 1.90. The second kappa shape index (κ2) is 3.69. The number of aromatic nitrogens is 3. The SMILES string of the molecule is CC1CC(NC(C)c2ncnn2C)C1. The van der Waals surface area contributed by atoms with Crippen LogP contribution >= 0.6 is 0 Å². The number of nitrogens with one attached hydrogen (secondary N) is 1. The van der Waals surface area contributed by atoms with Crippen LogP contribution in [0.1, 0.15) is 38.6 Å². The third kappa shape index (κ3) is 1.80. The summed E-state index contributed by atoms with van der Waals surface area (Å²) in [5, 5.41) is 7.64. The summed E-state index contributed by atoms with van der Waals surface area (Å²) in [5.74, 6) is 1.91. The summed E-state index contributed by atoms with van der Waals surface area (Å²) in [7, 11) is 1.93. The minimum Gasteiger partial charge on any atom is -0.305 e. The lowest BCUT2D eigenvalue weighted by Gasteiger charge is -2.35. The minimum atomic E-state index is 0.306. The topological polar surface area (TPSA) is 42.7 Å². The Morgan fingerprint density at radius 3 is 2.79 bits per heavy atom. The highest BCUT2D eigenvalue weighted by Gasteiger charge is 2.27. The van der Waals surface area contributed by atoms with Crippen molar-refractivity contribution < 1.29 is 0 Å². The summed E-state index contributed by atoms with van der Waals surface area (Å²) in [5.41, 5.74) is 0. The van der Waals surface area contributed by atoms with Gasteiger partial charge in [-0.2, -0.15) is 5.10 Å². The average molecular weight is 194 g/mol. The predicted octanol–water partition coefficient (Wildman–Crippen LogP) is 1.26. The molecule has 78 valence electrons. The second-order valence-corrected chi connectivity index (χ2v) is 4.40. The van der Waals surface area contributed by atoms with E-state index >= 15 is 0 Å². The summed E-state index contributed by atoms with van der Waals surface area (Å²) in [4.78, 5) is 4.24. The molecule has 1 fully saturated rings. The summed E-state index contributed by atoms with van der Waals surface area (Å²) in [6.45, 7) is 4.44. The first kappa shape index (κ1) is 9.65. The molecular formula is C10H18N4. The largest absolute Gasteiger partial charge is 0.305 e. The molecule has 2 rings (SSSR count). The van der Waals surface area contributed by atoms with Gasteiger partial charge in [0, 0.05) is 13.1 Å². The van der Waals surface area contributed by atoms with Crippen LogP contribution in [0.5, 0.6) is 0 Å². The molecule has 1 aliphatic carbocycles. The maximum Gasteiger partial charge on any atom is 0.143 e.